The van der Waals surface area contributed by atoms with Crippen LogP contribution in [0.4, 0.5) is 5.13 Å². The van der Waals surface area contributed by atoms with Crippen molar-refractivity contribution in [3.05, 3.63) is 82.9 Å². The molecule has 0 spiro atoms. The number of fused-ring (bicyclic) bond motifs is 1. The van der Waals surface area contributed by atoms with E-state index in [2.05, 4.69) is 15.5 Å². The average Bonchev–Trinajstić information content (AvgIpc) is 3.49. The number of β-lactam (4-membered cyclic amide) rings is 1. The molecule has 0 bridgehead atoms. The third kappa shape index (κ3) is 7.91. The Labute approximate surface area is 284 Å². The van der Waals surface area contributed by atoms with E-state index in [9.17, 15) is 19.2 Å². The molecule has 47 heavy (non-hydrogen) atoms. The van der Waals surface area contributed by atoms with Crippen LogP contribution in [0, 0.1) is 0 Å². The first-order chi connectivity index (χ1) is 22.4. The van der Waals surface area contributed by atoms with Gasteiger partial charge in [0.15, 0.2) is 16.9 Å². The van der Waals surface area contributed by atoms with Gasteiger partial charge in [0.25, 0.3) is 5.91 Å². The van der Waals surface area contributed by atoms with Crippen LogP contribution in [0.1, 0.15) is 43.7 Å². The molecule has 15 heteroatoms. The van der Waals surface area contributed by atoms with E-state index in [1.54, 1.807) is 25.7 Å². The molecule has 2 fully saturated rings. The molecule has 0 saturated carbocycles. The SMILES string of the molecule is CSC1(C(=O)OC(c2ccccc2)c2ccccc2)CS[C@@H]2C(NC(=O)C(=NOCC(=O)OC(C)(C)C)c3csc(N)n3)C(=O)N2C1. The van der Waals surface area contributed by atoms with Gasteiger partial charge >= 0.3 is 11.9 Å². The number of amides is 2. The second-order valence-electron chi connectivity index (χ2n) is 11.8. The average molecular weight is 698 g/mol. The first-order valence-corrected chi connectivity index (χ1v) is 17.8. The highest BCUT2D eigenvalue weighted by Gasteiger charge is 2.58. The van der Waals surface area contributed by atoms with E-state index in [4.69, 9.17) is 20.0 Å². The fourth-order valence-corrected chi connectivity index (χ4v) is 8.10. The zero-order valence-corrected chi connectivity index (χ0v) is 28.7. The van der Waals surface area contributed by atoms with Crippen LogP contribution >= 0.6 is 34.9 Å². The van der Waals surface area contributed by atoms with Crippen molar-refractivity contribution >= 4 is 69.5 Å². The number of nitrogens with one attached hydrogen (secondary N) is 1. The van der Waals surface area contributed by atoms with Crippen LogP contribution in [0.2, 0.25) is 0 Å². The number of nitrogens with two attached hydrogens (primary N) is 1. The molecule has 5 rings (SSSR count). The van der Waals surface area contributed by atoms with E-state index >= 15 is 0 Å². The fraction of sp³-hybridized carbons (Fsp3) is 0.375. The zero-order chi connectivity index (χ0) is 33.8. The maximum Gasteiger partial charge on any atom is 0.347 e. The minimum atomic E-state index is -1.02. The number of ether oxygens (including phenoxy) is 2. The number of nitrogen functional groups attached to an aromatic ring is 1. The van der Waals surface area contributed by atoms with Gasteiger partial charge in [0, 0.05) is 17.7 Å². The number of carbonyl (C=O) groups is 4. The lowest BCUT2D eigenvalue weighted by atomic mass is 10.00. The standard InChI is InChI=1S/C32H35N5O7S3/c1-31(2,3)44-22(38)15-42-36-23(21-16-46-30(33)34-21)26(39)35-24-27(40)37-17-32(45-4,18-47-28(24)37)29(41)43-25(19-11-7-5-8-12-19)20-13-9-6-10-14-20/h5-14,16,24-25,28H,15,17-18H2,1-4H3,(H2,33,34)(H,35,39)/t24?,28-,32?/m1/s1. The molecule has 1 aromatic heterocycles. The minimum Gasteiger partial charge on any atom is -0.457 e. The largest absolute Gasteiger partial charge is 0.457 e. The van der Waals surface area contributed by atoms with E-state index in [0.717, 1.165) is 22.5 Å². The molecule has 2 aliphatic heterocycles. The van der Waals surface area contributed by atoms with Crippen molar-refractivity contribution in [1.82, 2.24) is 15.2 Å². The predicted molar refractivity (Wildman–Crippen MR) is 182 cm³/mol. The Morgan fingerprint density at radius 2 is 1.77 bits per heavy atom. The second-order valence-corrected chi connectivity index (χ2v) is 15.0. The lowest BCUT2D eigenvalue weighted by Crippen LogP contribution is -2.75. The molecule has 3 atom stereocenters. The molecular formula is C32H35N5O7S3. The first kappa shape index (κ1) is 34.3. The van der Waals surface area contributed by atoms with Crippen LogP contribution in [0.3, 0.4) is 0 Å². The van der Waals surface area contributed by atoms with Crippen LogP contribution in [-0.4, -0.2) is 86.3 Å². The number of hydrogen-bond donors (Lipinski definition) is 2. The number of oxime groups is 1. The molecular weight excluding hydrogens is 663 g/mol. The Morgan fingerprint density at radius 3 is 2.32 bits per heavy atom. The molecule has 2 unspecified atom stereocenters. The number of thioether (sulfide) groups is 2. The van der Waals surface area contributed by atoms with Crippen molar-refractivity contribution in [2.75, 3.05) is 30.9 Å². The van der Waals surface area contributed by atoms with Gasteiger partial charge in [-0.05, 0) is 38.2 Å². The molecule has 3 heterocycles. The Kier molecular flexibility index (Phi) is 10.5. The number of hydrogen-bond acceptors (Lipinski definition) is 13. The summed E-state index contributed by atoms with van der Waals surface area (Å²) in [7, 11) is 0. The first-order valence-electron chi connectivity index (χ1n) is 14.6. The molecule has 3 N–H and O–H groups in total. The second kappa shape index (κ2) is 14.4. The highest BCUT2D eigenvalue weighted by Crippen LogP contribution is 2.44. The van der Waals surface area contributed by atoms with Gasteiger partial charge in [-0.3, -0.25) is 14.4 Å². The van der Waals surface area contributed by atoms with Crippen LogP contribution < -0.4 is 11.1 Å². The molecule has 0 radical (unpaired) electrons. The third-order valence-corrected chi connectivity index (χ3v) is 10.9. The van der Waals surface area contributed by atoms with Gasteiger partial charge in [0.1, 0.15) is 27.5 Å². The summed E-state index contributed by atoms with van der Waals surface area (Å²) in [5, 5.41) is 7.88. The number of thiazole rings is 1. The maximum absolute atomic E-state index is 13.9. The number of benzene rings is 2. The Balaban J connectivity index is 1.26. The van der Waals surface area contributed by atoms with Crippen molar-refractivity contribution < 1.29 is 33.5 Å². The smallest absolute Gasteiger partial charge is 0.347 e. The van der Waals surface area contributed by atoms with Gasteiger partial charge in [-0.1, -0.05) is 65.8 Å². The number of esters is 2. The summed E-state index contributed by atoms with van der Waals surface area (Å²) >= 11 is 3.82. The number of carbonyl (C=O) groups excluding carboxylic acids is 4. The molecule has 3 aromatic rings. The van der Waals surface area contributed by atoms with Crippen LogP contribution in [0.25, 0.3) is 0 Å². The summed E-state index contributed by atoms with van der Waals surface area (Å²) in [4.78, 5) is 63.6. The summed E-state index contributed by atoms with van der Waals surface area (Å²) in [5.41, 5.74) is 6.60. The van der Waals surface area contributed by atoms with Crippen LogP contribution in [0.15, 0.2) is 71.2 Å². The zero-order valence-electron chi connectivity index (χ0n) is 26.2. The molecule has 248 valence electrons. The van der Waals surface area contributed by atoms with Crippen LogP contribution in [-0.2, 0) is 33.5 Å². The van der Waals surface area contributed by atoms with Crippen molar-refractivity contribution in [1.29, 1.82) is 0 Å². The summed E-state index contributed by atoms with van der Waals surface area (Å²) in [6, 6.07) is 18.1. The van der Waals surface area contributed by atoms with Gasteiger partial charge in [0.05, 0.1) is 0 Å². The lowest BCUT2D eigenvalue weighted by Gasteiger charge is -2.53. The molecule has 0 aliphatic carbocycles. The number of aromatic nitrogens is 1. The third-order valence-electron chi connectivity index (χ3n) is 7.27. The molecule has 2 amide bonds. The van der Waals surface area contributed by atoms with E-state index in [-0.39, 0.29) is 29.0 Å². The van der Waals surface area contributed by atoms with Crippen molar-refractivity contribution in [2.24, 2.45) is 5.16 Å². The van der Waals surface area contributed by atoms with Crippen molar-refractivity contribution in [3.8, 4) is 0 Å². The van der Waals surface area contributed by atoms with Gasteiger partial charge in [-0.2, -0.15) is 0 Å². The Bertz CT molecular complexity index is 1610. The summed E-state index contributed by atoms with van der Waals surface area (Å²) < 4.78 is 10.4. The van der Waals surface area contributed by atoms with Gasteiger partial charge in [-0.15, -0.1) is 34.9 Å². The van der Waals surface area contributed by atoms with Crippen molar-refractivity contribution in [2.45, 2.75) is 48.6 Å². The van der Waals surface area contributed by atoms with Gasteiger partial charge in [-0.25, -0.2) is 9.78 Å². The minimum absolute atomic E-state index is 0.120. The Morgan fingerprint density at radius 1 is 1.13 bits per heavy atom. The number of anilines is 1. The number of rotatable bonds is 11. The normalized spacial score (nSPS) is 21.0. The highest BCUT2D eigenvalue weighted by molar-refractivity contribution is 8.04. The van der Waals surface area contributed by atoms with Gasteiger partial charge < -0.3 is 30.3 Å². The van der Waals surface area contributed by atoms with Crippen LogP contribution in [0.5, 0.6) is 0 Å². The summed E-state index contributed by atoms with van der Waals surface area (Å²) in [5.74, 6) is -1.82. The van der Waals surface area contributed by atoms with E-state index in [0.29, 0.717) is 5.75 Å². The van der Waals surface area contributed by atoms with E-state index in [1.807, 2.05) is 66.9 Å². The highest BCUT2D eigenvalue weighted by atomic mass is 32.2. The molecule has 2 aromatic carbocycles. The monoisotopic (exact) mass is 697 g/mol. The maximum atomic E-state index is 13.9. The quantitative estimate of drug-likeness (QED) is 0.130. The van der Waals surface area contributed by atoms with E-state index < -0.39 is 52.3 Å². The fourth-order valence-electron chi connectivity index (χ4n) is 5.01. The summed E-state index contributed by atoms with van der Waals surface area (Å²) in [6.07, 6.45) is 1.21. The summed E-state index contributed by atoms with van der Waals surface area (Å²) in [6.45, 7) is 4.72. The van der Waals surface area contributed by atoms with Gasteiger partial charge in [0.2, 0.25) is 12.5 Å². The molecule has 2 saturated heterocycles. The van der Waals surface area contributed by atoms with E-state index in [1.165, 1.54) is 28.9 Å². The lowest BCUT2D eigenvalue weighted by molar-refractivity contribution is -0.160. The Hall–Kier alpha value is -4.08. The van der Waals surface area contributed by atoms with Crippen molar-refractivity contribution in [3.63, 3.8) is 0 Å². The molecule has 12 nitrogen and oxygen atoms in total. The predicted octanol–water partition coefficient (Wildman–Crippen LogP) is 3.62. The topological polar surface area (TPSA) is 163 Å². The number of nitrogens with zero attached hydrogens (tertiary/aromatic N) is 3. The molecule has 2 aliphatic rings.